The molecule has 0 spiro atoms. The normalized spacial score (nSPS) is 12.0. The van der Waals surface area contributed by atoms with Crippen LogP contribution < -0.4 is 14.8 Å². The van der Waals surface area contributed by atoms with Gasteiger partial charge < -0.3 is 9.47 Å². The van der Waals surface area contributed by atoms with E-state index >= 15 is 0 Å². The van der Waals surface area contributed by atoms with Gasteiger partial charge in [0.05, 0.1) is 13.3 Å². The number of halogens is 3. The molecule has 0 aliphatic heterocycles. The van der Waals surface area contributed by atoms with Gasteiger partial charge in [0.15, 0.2) is 17.5 Å². The molecule has 0 aromatic carbocycles. The van der Waals surface area contributed by atoms with E-state index in [-0.39, 0.29) is 27.0 Å². The van der Waals surface area contributed by atoms with Crippen molar-refractivity contribution in [3.63, 3.8) is 0 Å². The van der Waals surface area contributed by atoms with Crippen molar-refractivity contribution in [1.29, 1.82) is 0 Å². The number of amides is 1. The van der Waals surface area contributed by atoms with Crippen LogP contribution in [0.2, 0.25) is 0 Å². The molecule has 0 unspecified atom stereocenters. The standard InChI is InChI=1S/C15H16F3N5O3S/c1-8(6-23(3)19-2)12(24)22-14-21-10-11(27-14)9(5-20-13(10)25-4)26-7-15(16,17)18/h5-6H,2,7H2,1,3-4H3,(H,21,22,24)/b8-6+. The first kappa shape index (κ1) is 20.4. The first-order chi connectivity index (χ1) is 12.6. The van der Waals surface area contributed by atoms with E-state index in [9.17, 15) is 18.0 Å². The summed E-state index contributed by atoms with van der Waals surface area (Å²) in [6.45, 7) is 3.41. The van der Waals surface area contributed by atoms with Crippen LogP contribution >= 0.6 is 11.3 Å². The van der Waals surface area contributed by atoms with Crippen LogP contribution in [0.15, 0.2) is 23.1 Å². The second kappa shape index (κ2) is 8.20. The largest absolute Gasteiger partial charge is 0.481 e. The van der Waals surface area contributed by atoms with Gasteiger partial charge >= 0.3 is 6.18 Å². The van der Waals surface area contributed by atoms with Crippen LogP contribution in [-0.2, 0) is 4.79 Å². The third kappa shape index (κ3) is 5.29. The molecule has 0 aliphatic rings. The summed E-state index contributed by atoms with van der Waals surface area (Å²) in [4.78, 5) is 20.3. The molecule has 0 aliphatic carbocycles. The molecule has 2 aromatic rings. The number of carbonyl (C=O) groups is 1. The van der Waals surface area contributed by atoms with Gasteiger partial charge in [-0.05, 0) is 6.92 Å². The number of hydrogen-bond acceptors (Lipinski definition) is 8. The number of rotatable bonds is 7. The number of alkyl halides is 3. The molecular formula is C15H16F3N5O3S. The molecule has 0 radical (unpaired) electrons. The van der Waals surface area contributed by atoms with Gasteiger partial charge in [0, 0.05) is 25.5 Å². The van der Waals surface area contributed by atoms with Crippen molar-refractivity contribution in [2.45, 2.75) is 13.1 Å². The third-order valence-electron chi connectivity index (χ3n) is 3.12. The molecule has 27 heavy (non-hydrogen) atoms. The fraction of sp³-hybridized carbons (Fsp3) is 0.333. The smallest absolute Gasteiger partial charge is 0.422 e. The minimum absolute atomic E-state index is 0.101. The Morgan fingerprint density at radius 1 is 1.52 bits per heavy atom. The van der Waals surface area contributed by atoms with Crippen molar-refractivity contribution in [2.24, 2.45) is 5.10 Å². The van der Waals surface area contributed by atoms with Crippen molar-refractivity contribution in [3.05, 3.63) is 18.0 Å². The van der Waals surface area contributed by atoms with Gasteiger partial charge in [-0.15, -0.1) is 0 Å². The first-order valence-electron chi connectivity index (χ1n) is 7.37. The van der Waals surface area contributed by atoms with Crippen molar-refractivity contribution in [1.82, 2.24) is 15.0 Å². The Bertz CT molecular complexity index is 881. The second-order valence-electron chi connectivity index (χ2n) is 5.21. The number of aromatic nitrogens is 2. The van der Waals surface area contributed by atoms with E-state index in [1.165, 1.54) is 18.3 Å². The average molecular weight is 403 g/mol. The molecule has 8 nitrogen and oxygen atoms in total. The fourth-order valence-corrected chi connectivity index (χ4v) is 2.83. The summed E-state index contributed by atoms with van der Waals surface area (Å²) in [5.74, 6) is -0.470. The highest BCUT2D eigenvalue weighted by Gasteiger charge is 2.29. The predicted octanol–water partition coefficient (Wildman–Crippen LogP) is 3.03. The van der Waals surface area contributed by atoms with E-state index in [2.05, 4.69) is 27.1 Å². The lowest BCUT2D eigenvalue weighted by Crippen LogP contribution is -2.19. The van der Waals surface area contributed by atoms with Gasteiger partial charge in [-0.3, -0.25) is 15.1 Å². The van der Waals surface area contributed by atoms with Crippen LogP contribution in [0.25, 0.3) is 10.2 Å². The molecule has 2 rings (SSSR count). The molecule has 1 N–H and O–H groups in total. The maximum absolute atomic E-state index is 12.4. The number of ether oxygens (including phenoxy) is 2. The molecule has 0 fully saturated rings. The Morgan fingerprint density at radius 3 is 2.81 bits per heavy atom. The van der Waals surface area contributed by atoms with Gasteiger partial charge in [-0.2, -0.15) is 18.3 Å². The summed E-state index contributed by atoms with van der Waals surface area (Å²) in [6, 6.07) is 0. The van der Waals surface area contributed by atoms with Gasteiger partial charge in [0.25, 0.3) is 5.91 Å². The third-order valence-corrected chi connectivity index (χ3v) is 4.10. The minimum Gasteiger partial charge on any atom is -0.481 e. The van der Waals surface area contributed by atoms with Crippen LogP contribution in [0.3, 0.4) is 0 Å². The molecule has 146 valence electrons. The van der Waals surface area contributed by atoms with Gasteiger partial charge in [-0.1, -0.05) is 11.3 Å². The van der Waals surface area contributed by atoms with Crippen molar-refractivity contribution >= 4 is 39.3 Å². The quantitative estimate of drug-likeness (QED) is 0.434. The molecule has 0 bridgehead atoms. The number of methoxy groups -OCH3 is 1. The molecule has 0 atom stereocenters. The molecular weight excluding hydrogens is 387 g/mol. The van der Waals surface area contributed by atoms with E-state index in [1.54, 1.807) is 14.0 Å². The number of pyridine rings is 1. The van der Waals surface area contributed by atoms with Crippen molar-refractivity contribution in [3.8, 4) is 11.6 Å². The second-order valence-corrected chi connectivity index (χ2v) is 6.21. The van der Waals surface area contributed by atoms with Crippen LogP contribution in [0.5, 0.6) is 11.6 Å². The number of nitrogens with one attached hydrogen (secondary N) is 1. The van der Waals surface area contributed by atoms with E-state index in [1.807, 2.05) is 0 Å². The highest BCUT2D eigenvalue weighted by atomic mass is 32.1. The maximum Gasteiger partial charge on any atom is 0.422 e. The molecule has 1 amide bonds. The average Bonchev–Trinajstić information content (AvgIpc) is 3.02. The van der Waals surface area contributed by atoms with Crippen LogP contribution in [0.4, 0.5) is 18.3 Å². The summed E-state index contributed by atoms with van der Waals surface area (Å²) in [5, 5.41) is 7.67. The monoisotopic (exact) mass is 403 g/mol. The molecule has 0 saturated heterocycles. The van der Waals surface area contributed by atoms with Gasteiger partial charge in [0.2, 0.25) is 5.88 Å². The lowest BCUT2D eigenvalue weighted by Gasteiger charge is -2.09. The van der Waals surface area contributed by atoms with Crippen LogP contribution in [0.1, 0.15) is 6.92 Å². The SMILES string of the molecule is C=NN(C)/C=C(\C)C(=O)Nc1nc2c(OC)ncc(OCC(F)(F)F)c2s1. The van der Waals surface area contributed by atoms with Gasteiger partial charge in [-0.25, -0.2) is 9.97 Å². The Hall–Kier alpha value is -2.89. The van der Waals surface area contributed by atoms with E-state index < -0.39 is 18.7 Å². The first-order valence-corrected chi connectivity index (χ1v) is 8.18. The topological polar surface area (TPSA) is 88.9 Å². The number of carbonyl (C=O) groups excluding carboxylic acids is 1. The Morgan fingerprint density at radius 2 is 2.22 bits per heavy atom. The number of anilines is 1. The van der Waals surface area contributed by atoms with Gasteiger partial charge in [0.1, 0.15) is 10.2 Å². The lowest BCUT2D eigenvalue weighted by molar-refractivity contribution is -0.153. The molecule has 0 saturated carbocycles. The number of nitrogens with zero attached hydrogens (tertiary/aromatic N) is 4. The Labute approximate surface area is 156 Å². The van der Waals surface area contributed by atoms with Crippen LogP contribution in [-0.4, -0.2) is 54.5 Å². The maximum atomic E-state index is 12.4. The highest BCUT2D eigenvalue weighted by Crippen LogP contribution is 2.38. The zero-order chi connectivity index (χ0) is 20.2. The zero-order valence-electron chi connectivity index (χ0n) is 14.6. The van der Waals surface area contributed by atoms with E-state index in [0.717, 1.165) is 17.5 Å². The zero-order valence-corrected chi connectivity index (χ0v) is 15.4. The molecule has 2 aromatic heterocycles. The fourth-order valence-electron chi connectivity index (χ4n) is 1.91. The minimum atomic E-state index is -4.50. The lowest BCUT2D eigenvalue weighted by atomic mass is 10.3. The predicted molar refractivity (Wildman–Crippen MR) is 95.2 cm³/mol. The summed E-state index contributed by atoms with van der Waals surface area (Å²) >= 11 is 0.942. The summed E-state index contributed by atoms with van der Waals surface area (Å²) in [6.07, 6.45) is -1.93. The Kier molecular flexibility index (Phi) is 6.20. The number of fused-ring (bicyclic) bond motifs is 1. The summed E-state index contributed by atoms with van der Waals surface area (Å²) in [5.41, 5.74) is 0.506. The van der Waals surface area contributed by atoms with Crippen molar-refractivity contribution in [2.75, 3.05) is 26.1 Å². The Balaban J connectivity index is 2.32. The number of hydrazone groups is 1. The number of hydrogen-bond donors (Lipinski definition) is 1. The summed E-state index contributed by atoms with van der Waals surface area (Å²) in [7, 11) is 2.95. The molecule has 12 heteroatoms. The number of thiazole rings is 1. The van der Waals surface area contributed by atoms with Crippen molar-refractivity contribution < 1.29 is 27.4 Å². The highest BCUT2D eigenvalue weighted by molar-refractivity contribution is 7.22. The summed E-state index contributed by atoms with van der Waals surface area (Å²) < 4.78 is 47.4. The van der Waals surface area contributed by atoms with Crippen LogP contribution in [0, 0.1) is 0 Å². The molecule has 2 heterocycles. The van der Waals surface area contributed by atoms with E-state index in [4.69, 9.17) is 9.47 Å². The van der Waals surface area contributed by atoms with E-state index in [0.29, 0.717) is 5.57 Å².